The first-order valence-electron chi connectivity index (χ1n) is 8.83. The van der Waals surface area contributed by atoms with Crippen LogP contribution < -0.4 is 5.32 Å². The lowest BCUT2D eigenvalue weighted by atomic mass is 10.0. The minimum absolute atomic E-state index is 0.420. The number of fused-ring (bicyclic) bond motifs is 1. The lowest BCUT2D eigenvalue weighted by Crippen LogP contribution is -2.22. The quantitative estimate of drug-likeness (QED) is 0.590. The summed E-state index contributed by atoms with van der Waals surface area (Å²) in [5.41, 5.74) is 3.47. The Labute approximate surface area is 164 Å². The molecule has 2 N–H and O–H groups in total. The third kappa shape index (κ3) is 4.10. The summed E-state index contributed by atoms with van der Waals surface area (Å²) in [6.45, 7) is 10.1. The number of aliphatic hydroxyl groups is 1. The molecule has 0 aliphatic heterocycles. The summed E-state index contributed by atoms with van der Waals surface area (Å²) in [5.74, 6) is 0.420. The van der Waals surface area contributed by atoms with Gasteiger partial charge in [0.15, 0.2) is 5.82 Å². The van der Waals surface area contributed by atoms with Crippen molar-refractivity contribution in [2.75, 3.05) is 11.9 Å². The van der Waals surface area contributed by atoms with Gasteiger partial charge in [-0.25, -0.2) is 9.97 Å². The van der Waals surface area contributed by atoms with Crippen LogP contribution in [-0.2, 0) is 5.60 Å². The van der Waals surface area contributed by atoms with Gasteiger partial charge in [-0.3, -0.25) is 4.98 Å². The Balaban J connectivity index is 2.03. The minimum Gasteiger partial charge on any atom is -0.382 e. The second kappa shape index (κ2) is 7.62. The fourth-order valence-corrected chi connectivity index (χ4v) is 2.90. The van der Waals surface area contributed by atoms with Gasteiger partial charge in [-0.15, -0.1) is 0 Å². The number of benzene rings is 1. The topological polar surface area (TPSA) is 70.9 Å². The molecular weight excluding hydrogens is 360 g/mol. The van der Waals surface area contributed by atoms with E-state index in [0.717, 1.165) is 33.3 Å². The molecular formula is C21H23ClN4O. The molecule has 0 aliphatic rings. The number of anilines is 1. The van der Waals surface area contributed by atoms with Gasteiger partial charge < -0.3 is 10.4 Å². The largest absolute Gasteiger partial charge is 0.382 e. The Bertz CT molecular complexity index is 983. The van der Waals surface area contributed by atoms with Crippen LogP contribution in [0.2, 0.25) is 5.02 Å². The number of hydrogen-bond acceptors (Lipinski definition) is 5. The summed E-state index contributed by atoms with van der Waals surface area (Å²) in [6, 6.07) is 5.94. The predicted molar refractivity (Wildman–Crippen MR) is 111 cm³/mol. The van der Waals surface area contributed by atoms with Crippen LogP contribution in [0.25, 0.3) is 22.0 Å². The van der Waals surface area contributed by atoms with Crippen LogP contribution in [0, 0.1) is 0 Å². The zero-order valence-electron chi connectivity index (χ0n) is 15.8. The van der Waals surface area contributed by atoms with Gasteiger partial charge >= 0.3 is 0 Å². The van der Waals surface area contributed by atoms with E-state index < -0.39 is 5.60 Å². The molecule has 2 heterocycles. The molecule has 0 bridgehead atoms. The number of nitrogens with one attached hydrogen (secondary N) is 1. The van der Waals surface area contributed by atoms with E-state index >= 15 is 0 Å². The van der Waals surface area contributed by atoms with Crippen molar-refractivity contribution in [3.05, 3.63) is 59.8 Å². The third-order valence-corrected chi connectivity index (χ3v) is 4.83. The van der Waals surface area contributed by atoms with Crippen LogP contribution in [0.1, 0.15) is 33.0 Å². The van der Waals surface area contributed by atoms with E-state index in [1.165, 1.54) is 0 Å². The highest BCUT2D eigenvalue weighted by molar-refractivity contribution is 6.34. The Morgan fingerprint density at radius 1 is 1.19 bits per heavy atom. The highest BCUT2D eigenvalue weighted by Crippen LogP contribution is 2.33. The van der Waals surface area contributed by atoms with Crippen molar-refractivity contribution in [3.63, 3.8) is 0 Å². The monoisotopic (exact) mass is 382 g/mol. The predicted octanol–water partition coefficient (Wildman–Crippen LogP) is 4.95. The van der Waals surface area contributed by atoms with Gasteiger partial charge in [0.2, 0.25) is 0 Å². The van der Waals surface area contributed by atoms with Gasteiger partial charge in [-0.05, 0) is 38.0 Å². The molecule has 1 atom stereocenters. The van der Waals surface area contributed by atoms with Gasteiger partial charge in [0.05, 0.1) is 16.2 Å². The van der Waals surface area contributed by atoms with Crippen molar-refractivity contribution in [1.29, 1.82) is 0 Å². The van der Waals surface area contributed by atoms with Crippen LogP contribution in [0.4, 0.5) is 5.69 Å². The third-order valence-electron chi connectivity index (χ3n) is 4.54. The fraction of sp³-hybridized carbons (Fsp3) is 0.286. The number of rotatable bonds is 6. The zero-order valence-corrected chi connectivity index (χ0v) is 16.5. The van der Waals surface area contributed by atoms with Gasteiger partial charge in [0, 0.05) is 36.1 Å². The summed E-state index contributed by atoms with van der Waals surface area (Å²) < 4.78 is 0. The average molecular weight is 383 g/mol. The van der Waals surface area contributed by atoms with Gasteiger partial charge in [-0.1, -0.05) is 36.7 Å². The maximum absolute atomic E-state index is 10.3. The van der Waals surface area contributed by atoms with E-state index in [4.69, 9.17) is 11.6 Å². The van der Waals surface area contributed by atoms with Gasteiger partial charge in [0.25, 0.3) is 0 Å². The van der Waals surface area contributed by atoms with E-state index in [1.807, 2.05) is 32.0 Å². The molecule has 2 aromatic heterocycles. The Morgan fingerprint density at radius 2 is 1.89 bits per heavy atom. The minimum atomic E-state index is -1.03. The van der Waals surface area contributed by atoms with Crippen LogP contribution in [0.3, 0.4) is 0 Å². The lowest BCUT2D eigenvalue weighted by Gasteiger charge is -2.19. The highest BCUT2D eigenvalue weighted by Gasteiger charge is 2.23. The summed E-state index contributed by atoms with van der Waals surface area (Å²) in [5, 5.41) is 15.1. The molecule has 27 heavy (non-hydrogen) atoms. The first-order valence-corrected chi connectivity index (χ1v) is 9.21. The second-order valence-corrected chi connectivity index (χ2v) is 7.35. The average Bonchev–Trinajstić information content (AvgIpc) is 2.66. The summed E-state index contributed by atoms with van der Waals surface area (Å²) in [6.07, 6.45) is 5.65. The highest BCUT2D eigenvalue weighted by atomic mass is 35.5. The van der Waals surface area contributed by atoms with Crippen LogP contribution >= 0.6 is 11.6 Å². The van der Waals surface area contributed by atoms with Crippen molar-refractivity contribution in [3.8, 4) is 11.1 Å². The van der Waals surface area contributed by atoms with Gasteiger partial charge in [0.1, 0.15) is 5.60 Å². The van der Waals surface area contributed by atoms with Crippen molar-refractivity contribution in [2.24, 2.45) is 0 Å². The second-order valence-electron chi connectivity index (χ2n) is 6.95. The Hall–Kier alpha value is -2.50. The van der Waals surface area contributed by atoms with E-state index in [2.05, 4.69) is 26.8 Å². The Kier molecular flexibility index (Phi) is 5.44. The summed E-state index contributed by atoms with van der Waals surface area (Å²) in [4.78, 5) is 13.1. The maximum atomic E-state index is 10.3. The van der Waals surface area contributed by atoms with Gasteiger partial charge in [-0.2, -0.15) is 0 Å². The van der Waals surface area contributed by atoms with Crippen molar-refractivity contribution >= 4 is 28.2 Å². The fourth-order valence-electron chi connectivity index (χ4n) is 2.68. The standard InChI is InChI=1S/C21H23ClN4O/c1-5-21(4,27)20-25-10-15(11-26-20)14-6-7-18-16(8-14)19(17(22)12-23-18)24-9-13(2)3/h6-8,10-12,27H,2,5,9H2,1,3-4H3,(H,23,24). The summed E-state index contributed by atoms with van der Waals surface area (Å²) >= 11 is 6.36. The number of nitrogens with zero attached hydrogens (tertiary/aromatic N) is 3. The number of pyridine rings is 1. The van der Waals surface area contributed by atoms with Crippen LogP contribution in [0.5, 0.6) is 0 Å². The van der Waals surface area contributed by atoms with E-state index in [-0.39, 0.29) is 0 Å². The smallest absolute Gasteiger partial charge is 0.159 e. The molecule has 0 aliphatic carbocycles. The molecule has 1 unspecified atom stereocenters. The molecule has 3 aromatic rings. The number of halogens is 1. The van der Waals surface area contributed by atoms with Crippen molar-refractivity contribution in [1.82, 2.24) is 15.0 Å². The molecule has 0 radical (unpaired) electrons. The normalized spacial score (nSPS) is 13.4. The molecule has 0 spiro atoms. The zero-order chi connectivity index (χ0) is 19.6. The molecule has 0 saturated carbocycles. The van der Waals surface area contributed by atoms with E-state index in [9.17, 15) is 5.11 Å². The molecule has 5 nitrogen and oxygen atoms in total. The molecule has 1 aromatic carbocycles. The SMILES string of the molecule is C=C(C)CNc1c(Cl)cnc2ccc(-c3cnc(C(C)(O)CC)nc3)cc12. The molecule has 3 rings (SSSR count). The molecule has 0 fully saturated rings. The van der Waals surface area contributed by atoms with Crippen molar-refractivity contribution < 1.29 is 5.11 Å². The number of hydrogen-bond donors (Lipinski definition) is 2. The summed E-state index contributed by atoms with van der Waals surface area (Å²) in [7, 11) is 0. The molecule has 6 heteroatoms. The molecule has 0 amide bonds. The first kappa shape index (κ1) is 19.3. The van der Waals surface area contributed by atoms with Crippen molar-refractivity contribution in [2.45, 2.75) is 32.8 Å². The Morgan fingerprint density at radius 3 is 2.52 bits per heavy atom. The van der Waals surface area contributed by atoms with E-state index in [0.29, 0.717) is 23.8 Å². The molecule has 0 saturated heterocycles. The first-order chi connectivity index (χ1) is 12.8. The van der Waals surface area contributed by atoms with Crippen LogP contribution in [-0.4, -0.2) is 26.6 Å². The van der Waals surface area contributed by atoms with E-state index in [1.54, 1.807) is 25.5 Å². The molecule has 140 valence electrons. The van der Waals surface area contributed by atoms with Crippen LogP contribution in [0.15, 0.2) is 48.9 Å². The lowest BCUT2D eigenvalue weighted by molar-refractivity contribution is 0.0436. The number of aromatic nitrogens is 3. The maximum Gasteiger partial charge on any atom is 0.159 e.